The molecule has 2 aromatic heterocycles. The highest BCUT2D eigenvalue weighted by Crippen LogP contribution is 2.25. The molecule has 1 unspecified atom stereocenters. The SMILES string of the molecule is Brc1ccc(CN(Cc2cccs2)CC2CCCO2)s1. The minimum atomic E-state index is 0.415. The van der Waals surface area contributed by atoms with E-state index in [0.717, 1.165) is 26.2 Å². The molecule has 5 heteroatoms. The van der Waals surface area contributed by atoms with Gasteiger partial charge in [-0.3, -0.25) is 4.90 Å². The molecule has 3 heterocycles. The molecule has 0 aromatic carbocycles. The molecule has 0 radical (unpaired) electrons. The third kappa shape index (κ3) is 4.15. The summed E-state index contributed by atoms with van der Waals surface area (Å²) in [6, 6.07) is 8.70. The molecule has 1 saturated heterocycles. The predicted octanol–water partition coefficient (Wildman–Crippen LogP) is 4.75. The van der Waals surface area contributed by atoms with Crippen molar-refractivity contribution in [3.63, 3.8) is 0 Å². The second-order valence-corrected chi connectivity index (χ2v) is 8.67. The van der Waals surface area contributed by atoms with Gasteiger partial charge in [-0.2, -0.15) is 0 Å². The predicted molar refractivity (Wildman–Crippen MR) is 89.4 cm³/mol. The summed E-state index contributed by atoms with van der Waals surface area (Å²) < 4.78 is 7.01. The molecule has 1 aliphatic rings. The second kappa shape index (κ2) is 7.18. The zero-order valence-electron chi connectivity index (χ0n) is 11.3. The molecule has 20 heavy (non-hydrogen) atoms. The molecule has 1 fully saturated rings. The van der Waals surface area contributed by atoms with Crippen LogP contribution in [-0.4, -0.2) is 24.2 Å². The largest absolute Gasteiger partial charge is 0.377 e. The van der Waals surface area contributed by atoms with Crippen LogP contribution in [0, 0.1) is 0 Å². The van der Waals surface area contributed by atoms with Gasteiger partial charge in [0.15, 0.2) is 0 Å². The van der Waals surface area contributed by atoms with Crippen molar-refractivity contribution in [2.24, 2.45) is 0 Å². The highest BCUT2D eigenvalue weighted by Gasteiger charge is 2.20. The number of ether oxygens (including phenoxy) is 1. The zero-order chi connectivity index (χ0) is 13.8. The van der Waals surface area contributed by atoms with Crippen molar-refractivity contribution in [1.82, 2.24) is 4.90 Å². The third-order valence-electron chi connectivity index (χ3n) is 3.45. The number of halogens is 1. The Kier molecular flexibility index (Phi) is 5.29. The van der Waals surface area contributed by atoms with Crippen LogP contribution in [0.2, 0.25) is 0 Å². The van der Waals surface area contributed by atoms with Crippen LogP contribution < -0.4 is 0 Å². The quantitative estimate of drug-likeness (QED) is 0.725. The molecule has 108 valence electrons. The summed E-state index contributed by atoms with van der Waals surface area (Å²) >= 11 is 7.21. The van der Waals surface area contributed by atoms with Gasteiger partial charge in [-0.05, 0) is 52.4 Å². The summed E-state index contributed by atoms with van der Waals surface area (Å²) in [5.74, 6) is 0. The van der Waals surface area contributed by atoms with Crippen molar-refractivity contribution in [3.05, 3.63) is 43.2 Å². The van der Waals surface area contributed by atoms with Gasteiger partial charge in [0.25, 0.3) is 0 Å². The van der Waals surface area contributed by atoms with Crippen LogP contribution >= 0.6 is 38.6 Å². The molecule has 3 rings (SSSR count). The molecule has 2 nitrogen and oxygen atoms in total. The van der Waals surface area contributed by atoms with Crippen LogP contribution in [-0.2, 0) is 17.8 Å². The molecule has 0 saturated carbocycles. The molecular formula is C15H18BrNOS2. The van der Waals surface area contributed by atoms with Gasteiger partial charge in [0, 0.05) is 36.0 Å². The lowest BCUT2D eigenvalue weighted by atomic mass is 10.2. The minimum absolute atomic E-state index is 0.415. The smallest absolute Gasteiger partial charge is 0.0703 e. The van der Waals surface area contributed by atoms with Gasteiger partial charge < -0.3 is 4.74 Å². The third-order valence-corrected chi connectivity index (χ3v) is 5.92. The van der Waals surface area contributed by atoms with Gasteiger partial charge in [-0.1, -0.05) is 6.07 Å². The molecule has 0 bridgehead atoms. The van der Waals surface area contributed by atoms with E-state index in [1.807, 2.05) is 22.7 Å². The Hall–Kier alpha value is -0.200. The lowest BCUT2D eigenvalue weighted by Gasteiger charge is -2.24. The fourth-order valence-electron chi connectivity index (χ4n) is 2.54. The van der Waals surface area contributed by atoms with Gasteiger partial charge >= 0.3 is 0 Å². The van der Waals surface area contributed by atoms with Gasteiger partial charge in [-0.15, -0.1) is 22.7 Å². The Morgan fingerprint density at radius 1 is 1.25 bits per heavy atom. The average molecular weight is 372 g/mol. The maximum atomic E-state index is 5.80. The fraction of sp³-hybridized carbons (Fsp3) is 0.467. The first kappa shape index (κ1) is 14.7. The standard InChI is InChI=1S/C15H18BrNOS2/c16-15-6-5-14(20-15)11-17(9-12-3-1-7-18-12)10-13-4-2-8-19-13/h2,4-6,8,12H,1,3,7,9-11H2. The van der Waals surface area contributed by atoms with Crippen LogP contribution in [0.1, 0.15) is 22.6 Å². The summed E-state index contributed by atoms with van der Waals surface area (Å²) in [4.78, 5) is 5.35. The second-order valence-electron chi connectivity index (χ2n) is 5.09. The molecule has 0 aliphatic carbocycles. The summed E-state index contributed by atoms with van der Waals surface area (Å²) in [6.07, 6.45) is 2.83. The van der Waals surface area contributed by atoms with Crippen molar-refractivity contribution < 1.29 is 4.74 Å². The van der Waals surface area contributed by atoms with E-state index in [1.165, 1.54) is 26.4 Å². The summed E-state index contributed by atoms with van der Waals surface area (Å²) in [7, 11) is 0. The summed E-state index contributed by atoms with van der Waals surface area (Å²) in [5, 5.41) is 2.15. The van der Waals surface area contributed by atoms with E-state index >= 15 is 0 Å². The first-order valence-corrected chi connectivity index (χ1v) is 9.39. The first-order chi connectivity index (χ1) is 9.79. The Morgan fingerprint density at radius 3 is 2.80 bits per heavy atom. The fourth-order valence-corrected chi connectivity index (χ4v) is 4.81. The van der Waals surface area contributed by atoms with E-state index in [4.69, 9.17) is 4.74 Å². The highest BCUT2D eigenvalue weighted by molar-refractivity contribution is 9.11. The van der Waals surface area contributed by atoms with E-state index in [0.29, 0.717) is 6.10 Å². The molecule has 0 spiro atoms. The van der Waals surface area contributed by atoms with Gasteiger partial charge in [-0.25, -0.2) is 0 Å². The first-order valence-electron chi connectivity index (χ1n) is 6.90. The number of hydrogen-bond donors (Lipinski definition) is 0. The van der Waals surface area contributed by atoms with E-state index in [1.54, 1.807) is 0 Å². The van der Waals surface area contributed by atoms with Crippen molar-refractivity contribution in [1.29, 1.82) is 0 Å². The Balaban J connectivity index is 1.65. The van der Waals surface area contributed by atoms with Gasteiger partial charge in [0.2, 0.25) is 0 Å². The van der Waals surface area contributed by atoms with Crippen molar-refractivity contribution in [2.45, 2.75) is 32.0 Å². The van der Waals surface area contributed by atoms with Crippen LogP contribution in [0.15, 0.2) is 33.4 Å². The van der Waals surface area contributed by atoms with Crippen molar-refractivity contribution in [3.8, 4) is 0 Å². The van der Waals surface area contributed by atoms with Crippen LogP contribution in [0.4, 0.5) is 0 Å². The lowest BCUT2D eigenvalue weighted by molar-refractivity contribution is 0.0686. The average Bonchev–Trinajstić information content (AvgIpc) is 3.13. The van der Waals surface area contributed by atoms with Gasteiger partial charge in [0.1, 0.15) is 0 Å². The highest BCUT2D eigenvalue weighted by atomic mass is 79.9. The number of thiophene rings is 2. The molecule has 1 aliphatic heterocycles. The van der Waals surface area contributed by atoms with Crippen LogP contribution in [0.3, 0.4) is 0 Å². The zero-order valence-corrected chi connectivity index (χ0v) is 14.5. The van der Waals surface area contributed by atoms with Crippen LogP contribution in [0.25, 0.3) is 0 Å². The summed E-state index contributed by atoms with van der Waals surface area (Å²) in [6.45, 7) is 4.00. The maximum Gasteiger partial charge on any atom is 0.0703 e. The number of rotatable bonds is 6. The van der Waals surface area contributed by atoms with E-state index in [-0.39, 0.29) is 0 Å². The lowest BCUT2D eigenvalue weighted by Crippen LogP contribution is -2.31. The topological polar surface area (TPSA) is 12.5 Å². The van der Waals surface area contributed by atoms with Crippen molar-refractivity contribution in [2.75, 3.05) is 13.2 Å². The Morgan fingerprint density at radius 2 is 2.15 bits per heavy atom. The van der Waals surface area contributed by atoms with Crippen molar-refractivity contribution >= 4 is 38.6 Å². The molecular weight excluding hydrogens is 354 g/mol. The monoisotopic (exact) mass is 371 g/mol. The molecule has 0 N–H and O–H groups in total. The van der Waals surface area contributed by atoms with E-state index < -0.39 is 0 Å². The number of nitrogens with zero attached hydrogens (tertiary/aromatic N) is 1. The normalized spacial score (nSPS) is 19.0. The Labute approximate surface area is 136 Å². The summed E-state index contributed by atoms with van der Waals surface area (Å²) in [5.41, 5.74) is 0. The minimum Gasteiger partial charge on any atom is -0.377 e. The van der Waals surface area contributed by atoms with Gasteiger partial charge in [0.05, 0.1) is 9.89 Å². The molecule has 1 atom stereocenters. The van der Waals surface area contributed by atoms with E-state index in [9.17, 15) is 0 Å². The molecule has 0 amide bonds. The number of hydrogen-bond acceptors (Lipinski definition) is 4. The maximum absolute atomic E-state index is 5.80. The van der Waals surface area contributed by atoms with E-state index in [2.05, 4.69) is 50.5 Å². The van der Waals surface area contributed by atoms with Crippen LogP contribution in [0.5, 0.6) is 0 Å². The molecule has 2 aromatic rings. The Bertz CT molecular complexity index is 520.